The highest BCUT2D eigenvalue weighted by molar-refractivity contribution is 5.95. The molecule has 0 saturated heterocycles. The first-order valence-corrected chi connectivity index (χ1v) is 6.89. The maximum Gasteiger partial charge on any atom is 0.231 e. The van der Waals surface area contributed by atoms with Crippen molar-refractivity contribution in [3.63, 3.8) is 0 Å². The van der Waals surface area contributed by atoms with E-state index < -0.39 is 0 Å². The second kappa shape index (κ2) is 5.14. The molecule has 2 heterocycles. The molecule has 0 aliphatic carbocycles. The summed E-state index contributed by atoms with van der Waals surface area (Å²) in [4.78, 5) is 4.18. The second-order valence-electron chi connectivity index (χ2n) is 5.01. The molecule has 0 spiro atoms. The molecule has 1 aliphatic heterocycles. The molecule has 3 aromatic rings. The summed E-state index contributed by atoms with van der Waals surface area (Å²) in [6, 6.07) is 11.7. The standard InChI is InChI=1S/C17H10FN3O2/c18-11-1-3-14-13(5-11)17(10(7-19)8-20-14)21-12-2-4-15-16(6-12)23-9-22-15/h1-6,8H,9H2,(H,20,21). The molecule has 0 atom stereocenters. The van der Waals surface area contributed by atoms with Crippen LogP contribution in [0.1, 0.15) is 5.56 Å². The Morgan fingerprint density at radius 3 is 2.87 bits per heavy atom. The van der Waals surface area contributed by atoms with E-state index in [1.54, 1.807) is 24.3 Å². The molecule has 0 fully saturated rings. The van der Waals surface area contributed by atoms with Crippen molar-refractivity contribution >= 4 is 22.3 Å². The van der Waals surface area contributed by atoms with Crippen LogP contribution in [0.4, 0.5) is 15.8 Å². The zero-order valence-corrected chi connectivity index (χ0v) is 11.8. The molecule has 0 amide bonds. The van der Waals surface area contributed by atoms with E-state index in [2.05, 4.69) is 16.4 Å². The van der Waals surface area contributed by atoms with Crippen LogP contribution in [-0.4, -0.2) is 11.8 Å². The van der Waals surface area contributed by atoms with Gasteiger partial charge in [-0.05, 0) is 30.3 Å². The third kappa shape index (κ3) is 2.28. The number of nitrogens with one attached hydrogen (secondary N) is 1. The van der Waals surface area contributed by atoms with Crippen LogP contribution in [-0.2, 0) is 0 Å². The smallest absolute Gasteiger partial charge is 0.231 e. The predicted molar refractivity (Wildman–Crippen MR) is 82.3 cm³/mol. The summed E-state index contributed by atoms with van der Waals surface area (Å²) in [6.07, 6.45) is 1.47. The van der Waals surface area contributed by atoms with Crippen molar-refractivity contribution in [2.24, 2.45) is 0 Å². The molecule has 1 aromatic heterocycles. The van der Waals surface area contributed by atoms with E-state index in [0.29, 0.717) is 39.3 Å². The molecule has 112 valence electrons. The Labute approximate surface area is 130 Å². The Balaban J connectivity index is 1.84. The number of fused-ring (bicyclic) bond motifs is 2. The van der Waals surface area contributed by atoms with Gasteiger partial charge in [0.05, 0.1) is 16.8 Å². The lowest BCUT2D eigenvalue weighted by atomic mass is 10.1. The zero-order chi connectivity index (χ0) is 15.8. The normalized spacial score (nSPS) is 12.2. The monoisotopic (exact) mass is 307 g/mol. The molecular formula is C17H10FN3O2. The lowest BCUT2D eigenvalue weighted by Gasteiger charge is -2.12. The topological polar surface area (TPSA) is 67.2 Å². The largest absolute Gasteiger partial charge is 0.454 e. The van der Waals surface area contributed by atoms with Crippen LogP contribution in [0.25, 0.3) is 10.9 Å². The van der Waals surface area contributed by atoms with Crippen molar-refractivity contribution in [1.82, 2.24) is 4.98 Å². The number of ether oxygens (including phenoxy) is 2. The summed E-state index contributed by atoms with van der Waals surface area (Å²) >= 11 is 0. The highest BCUT2D eigenvalue weighted by atomic mass is 19.1. The number of aromatic nitrogens is 1. The van der Waals surface area contributed by atoms with E-state index in [4.69, 9.17) is 9.47 Å². The van der Waals surface area contributed by atoms with Gasteiger partial charge in [0.1, 0.15) is 11.9 Å². The van der Waals surface area contributed by atoms with Gasteiger partial charge in [-0.1, -0.05) is 0 Å². The van der Waals surface area contributed by atoms with Crippen molar-refractivity contribution in [1.29, 1.82) is 5.26 Å². The molecule has 1 N–H and O–H groups in total. The molecule has 23 heavy (non-hydrogen) atoms. The molecule has 5 nitrogen and oxygen atoms in total. The van der Waals surface area contributed by atoms with Crippen LogP contribution in [0.2, 0.25) is 0 Å². The first kappa shape index (κ1) is 13.3. The fourth-order valence-corrected chi connectivity index (χ4v) is 2.50. The first-order valence-electron chi connectivity index (χ1n) is 6.89. The van der Waals surface area contributed by atoms with Crippen molar-refractivity contribution in [3.8, 4) is 17.6 Å². The molecule has 1 aliphatic rings. The van der Waals surface area contributed by atoms with Gasteiger partial charge in [-0.2, -0.15) is 5.26 Å². The summed E-state index contributed by atoms with van der Waals surface area (Å²) in [5.41, 5.74) is 2.16. The second-order valence-corrected chi connectivity index (χ2v) is 5.01. The minimum absolute atomic E-state index is 0.186. The van der Waals surface area contributed by atoms with Crippen molar-refractivity contribution in [2.45, 2.75) is 0 Å². The number of halogens is 1. The first-order chi connectivity index (χ1) is 11.2. The lowest BCUT2D eigenvalue weighted by Crippen LogP contribution is -1.97. The molecule has 0 bridgehead atoms. The van der Waals surface area contributed by atoms with Crippen molar-refractivity contribution < 1.29 is 13.9 Å². The maximum absolute atomic E-state index is 13.6. The summed E-state index contributed by atoms with van der Waals surface area (Å²) in [5.74, 6) is 0.905. The molecule has 0 unspecified atom stereocenters. The maximum atomic E-state index is 13.6. The molecule has 4 rings (SSSR count). The number of benzene rings is 2. The van der Waals surface area contributed by atoms with E-state index in [1.807, 2.05) is 0 Å². The molecule has 2 aromatic carbocycles. The number of anilines is 2. The third-order valence-electron chi connectivity index (χ3n) is 3.59. The number of rotatable bonds is 2. The summed E-state index contributed by atoms with van der Waals surface area (Å²) in [5, 5.41) is 13.0. The van der Waals surface area contributed by atoms with Gasteiger partial charge >= 0.3 is 0 Å². The van der Waals surface area contributed by atoms with Crippen molar-refractivity contribution in [2.75, 3.05) is 12.1 Å². The highest BCUT2D eigenvalue weighted by Crippen LogP contribution is 2.36. The Bertz CT molecular complexity index is 966. The minimum Gasteiger partial charge on any atom is -0.454 e. The van der Waals surface area contributed by atoms with Crippen LogP contribution in [0.15, 0.2) is 42.6 Å². The Kier molecular flexibility index (Phi) is 2.98. The SMILES string of the molecule is N#Cc1cnc2ccc(F)cc2c1Nc1ccc2c(c1)OCO2. The van der Waals surface area contributed by atoms with E-state index in [-0.39, 0.29) is 12.6 Å². The van der Waals surface area contributed by atoms with Crippen LogP contribution in [0, 0.1) is 17.1 Å². The number of hydrogen-bond acceptors (Lipinski definition) is 5. The zero-order valence-electron chi connectivity index (χ0n) is 11.8. The molecule has 0 saturated carbocycles. The molecular weight excluding hydrogens is 297 g/mol. The Morgan fingerprint density at radius 2 is 2.00 bits per heavy atom. The average Bonchev–Trinajstić information content (AvgIpc) is 3.03. The average molecular weight is 307 g/mol. The van der Waals surface area contributed by atoms with Gasteiger partial charge in [-0.3, -0.25) is 4.98 Å². The fraction of sp³-hybridized carbons (Fsp3) is 0.0588. The van der Waals surface area contributed by atoms with Crippen LogP contribution >= 0.6 is 0 Å². The third-order valence-corrected chi connectivity index (χ3v) is 3.59. The Hall–Kier alpha value is -3.33. The van der Waals surface area contributed by atoms with Gasteiger partial charge in [0, 0.05) is 23.3 Å². The van der Waals surface area contributed by atoms with Crippen LogP contribution in [0.3, 0.4) is 0 Å². The highest BCUT2D eigenvalue weighted by Gasteiger charge is 2.15. The van der Waals surface area contributed by atoms with Crippen LogP contribution in [0.5, 0.6) is 11.5 Å². The number of nitriles is 1. The van der Waals surface area contributed by atoms with E-state index in [0.717, 1.165) is 0 Å². The minimum atomic E-state index is -0.386. The number of pyridine rings is 1. The summed E-state index contributed by atoms with van der Waals surface area (Å²) in [6.45, 7) is 0.186. The van der Waals surface area contributed by atoms with Crippen molar-refractivity contribution in [3.05, 3.63) is 54.0 Å². The van der Waals surface area contributed by atoms with Gasteiger partial charge in [-0.15, -0.1) is 0 Å². The number of hydrogen-bond donors (Lipinski definition) is 1. The quantitative estimate of drug-likeness (QED) is 0.781. The van der Waals surface area contributed by atoms with Gasteiger partial charge in [0.2, 0.25) is 6.79 Å². The van der Waals surface area contributed by atoms with Gasteiger partial charge in [0.25, 0.3) is 0 Å². The summed E-state index contributed by atoms with van der Waals surface area (Å²) < 4.78 is 24.2. The van der Waals surface area contributed by atoms with E-state index >= 15 is 0 Å². The lowest BCUT2D eigenvalue weighted by molar-refractivity contribution is 0.174. The van der Waals surface area contributed by atoms with Crippen LogP contribution < -0.4 is 14.8 Å². The van der Waals surface area contributed by atoms with E-state index in [1.165, 1.54) is 18.3 Å². The van der Waals surface area contributed by atoms with Gasteiger partial charge < -0.3 is 14.8 Å². The molecule has 6 heteroatoms. The van der Waals surface area contributed by atoms with Gasteiger partial charge in [-0.25, -0.2) is 4.39 Å². The summed E-state index contributed by atoms with van der Waals surface area (Å²) in [7, 11) is 0. The molecule has 0 radical (unpaired) electrons. The fourth-order valence-electron chi connectivity index (χ4n) is 2.50. The Morgan fingerprint density at radius 1 is 1.13 bits per heavy atom. The number of nitrogens with zero attached hydrogens (tertiary/aromatic N) is 2. The van der Waals surface area contributed by atoms with Gasteiger partial charge in [0.15, 0.2) is 11.5 Å². The predicted octanol–water partition coefficient (Wildman–Crippen LogP) is 3.72. The van der Waals surface area contributed by atoms with E-state index in [9.17, 15) is 9.65 Å².